The number of sulfonamides is 1. The molecule has 178 valence electrons. The van der Waals surface area contributed by atoms with Gasteiger partial charge in [0.2, 0.25) is 10.0 Å². The molecule has 0 atom stereocenters. The molecule has 2 N–H and O–H groups in total. The van der Waals surface area contributed by atoms with Gasteiger partial charge in [-0.05, 0) is 62.7 Å². The van der Waals surface area contributed by atoms with Gasteiger partial charge in [-0.1, -0.05) is 0 Å². The molecule has 32 heavy (non-hydrogen) atoms. The largest absolute Gasteiger partial charge is 0.431 e. The van der Waals surface area contributed by atoms with E-state index in [4.69, 9.17) is 0 Å². The predicted octanol–water partition coefficient (Wildman–Crippen LogP) is 2.95. The highest BCUT2D eigenvalue weighted by Gasteiger charge is 2.44. The molecule has 2 aliphatic heterocycles. The minimum atomic E-state index is -4.40. The van der Waals surface area contributed by atoms with Crippen LogP contribution in [0, 0.1) is 6.92 Å². The fourth-order valence-corrected chi connectivity index (χ4v) is 5.72. The number of amides is 1. The van der Waals surface area contributed by atoms with Gasteiger partial charge in [-0.3, -0.25) is 4.79 Å². The molecule has 2 aliphatic rings. The van der Waals surface area contributed by atoms with E-state index in [1.54, 1.807) is 17.9 Å². The molecular weight excluding hydrogens is 445 g/mol. The molecule has 3 heterocycles. The smallest absolute Gasteiger partial charge is 0.338 e. The van der Waals surface area contributed by atoms with Crippen LogP contribution in [0.4, 0.5) is 13.2 Å². The van der Waals surface area contributed by atoms with E-state index in [9.17, 15) is 26.4 Å². The van der Waals surface area contributed by atoms with Gasteiger partial charge in [0.15, 0.2) is 0 Å². The number of rotatable bonds is 3. The summed E-state index contributed by atoms with van der Waals surface area (Å²) in [5, 5.41) is 3.39. The van der Waals surface area contributed by atoms with Crippen LogP contribution in [-0.4, -0.2) is 50.5 Å². The summed E-state index contributed by atoms with van der Waals surface area (Å²) in [4.78, 5) is 14.8. The summed E-state index contributed by atoms with van der Waals surface area (Å²) in [6, 6.07) is 7.12. The molecule has 0 unspecified atom stereocenters. The number of nitrogens with zero attached hydrogens (tertiary/aromatic N) is 2. The first-order valence-electron chi connectivity index (χ1n) is 10.3. The number of fused-ring (bicyclic) bond motifs is 2. The molecule has 4 rings (SSSR count). The van der Waals surface area contributed by atoms with Crippen molar-refractivity contribution in [2.24, 2.45) is 0 Å². The van der Waals surface area contributed by atoms with E-state index in [0.29, 0.717) is 49.3 Å². The van der Waals surface area contributed by atoms with Crippen LogP contribution in [0.15, 0.2) is 35.2 Å². The first-order valence-corrected chi connectivity index (χ1v) is 11.8. The lowest BCUT2D eigenvalue weighted by molar-refractivity contribution is -0.144. The van der Waals surface area contributed by atoms with Gasteiger partial charge in [-0.15, -0.1) is 0 Å². The molecular formula is C21H29F3N4O3S. The van der Waals surface area contributed by atoms with E-state index in [-0.39, 0.29) is 20.2 Å². The third kappa shape index (κ3) is 3.82. The molecule has 1 aromatic carbocycles. The Labute approximate surface area is 187 Å². The molecule has 1 aromatic heterocycles. The molecule has 0 radical (unpaired) electrons. The second kappa shape index (κ2) is 7.89. The maximum Gasteiger partial charge on any atom is 0.431 e. The van der Waals surface area contributed by atoms with Gasteiger partial charge in [0.25, 0.3) is 5.91 Å². The van der Waals surface area contributed by atoms with Crippen molar-refractivity contribution < 1.29 is 29.2 Å². The first-order chi connectivity index (χ1) is 15.0. The molecule has 0 saturated carbocycles. The van der Waals surface area contributed by atoms with Gasteiger partial charge in [0.05, 0.1) is 10.4 Å². The summed E-state index contributed by atoms with van der Waals surface area (Å²) in [6.07, 6.45) is -3.42. The Balaban J connectivity index is 0.00000204. The molecule has 2 aromatic rings. The SMILES string of the molecule is CNS(=O)(=O)c1ccc(C(=O)N2CCC3(CC2)NCCn2c(C(F)(F)F)ccc23)cc1C.[HH].[HH]. The minimum absolute atomic E-state index is 0. The van der Waals surface area contributed by atoms with E-state index in [1.165, 1.54) is 29.8 Å². The van der Waals surface area contributed by atoms with Gasteiger partial charge in [-0.2, -0.15) is 13.2 Å². The zero-order chi connectivity index (χ0) is 23.3. The zero-order valence-electron chi connectivity index (χ0n) is 17.8. The van der Waals surface area contributed by atoms with Crippen molar-refractivity contribution in [2.45, 2.75) is 42.9 Å². The number of aryl methyl sites for hydroxylation is 1. The maximum atomic E-state index is 13.3. The van der Waals surface area contributed by atoms with Crippen LogP contribution in [0.2, 0.25) is 0 Å². The minimum Gasteiger partial charge on any atom is -0.338 e. The predicted molar refractivity (Wildman–Crippen MR) is 116 cm³/mol. The Hall–Kier alpha value is -2.37. The maximum absolute atomic E-state index is 13.3. The second-order valence-corrected chi connectivity index (χ2v) is 10.1. The number of hydrogen-bond donors (Lipinski definition) is 2. The molecule has 1 amide bonds. The Morgan fingerprint density at radius 2 is 1.84 bits per heavy atom. The van der Waals surface area contributed by atoms with E-state index < -0.39 is 27.4 Å². The van der Waals surface area contributed by atoms with Crippen molar-refractivity contribution in [3.63, 3.8) is 0 Å². The number of carbonyl (C=O) groups excluding carboxylic acids is 1. The standard InChI is InChI=1S/C21H25F3N4O3S.2H2/c1-14-13-15(3-4-16(14)32(30,31)25-2)19(29)27-10-7-20(8-11-27)17-5-6-18(21(22,23)24)28(17)12-9-26-20;;/h3-6,13,25-26H,7-12H2,1-2H3;2*1H. The van der Waals surface area contributed by atoms with Gasteiger partial charge < -0.3 is 14.8 Å². The fraction of sp³-hybridized carbons (Fsp3) is 0.476. The van der Waals surface area contributed by atoms with Gasteiger partial charge in [0, 0.05) is 40.3 Å². The monoisotopic (exact) mass is 474 g/mol. The molecule has 7 nitrogen and oxygen atoms in total. The van der Waals surface area contributed by atoms with Crippen molar-refractivity contribution >= 4 is 15.9 Å². The third-order valence-corrected chi connectivity index (χ3v) is 8.02. The molecule has 1 spiro atoms. The summed E-state index contributed by atoms with van der Waals surface area (Å²) in [5.41, 5.74) is 0.219. The second-order valence-electron chi connectivity index (χ2n) is 8.24. The molecule has 1 fully saturated rings. The van der Waals surface area contributed by atoms with Crippen LogP contribution in [0.25, 0.3) is 0 Å². The van der Waals surface area contributed by atoms with E-state index in [2.05, 4.69) is 10.0 Å². The van der Waals surface area contributed by atoms with E-state index in [1.807, 2.05) is 0 Å². The van der Waals surface area contributed by atoms with Crippen molar-refractivity contribution in [3.05, 3.63) is 52.8 Å². The quantitative estimate of drug-likeness (QED) is 0.717. The highest BCUT2D eigenvalue weighted by molar-refractivity contribution is 7.89. The lowest BCUT2D eigenvalue weighted by Crippen LogP contribution is -2.56. The van der Waals surface area contributed by atoms with Crippen LogP contribution in [-0.2, 0) is 28.3 Å². The molecule has 1 saturated heterocycles. The number of halogens is 3. The van der Waals surface area contributed by atoms with Gasteiger partial charge >= 0.3 is 6.18 Å². The van der Waals surface area contributed by atoms with Gasteiger partial charge in [0.1, 0.15) is 5.69 Å². The number of nitrogens with one attached hydrogen (secondary N) is 2. The number of alkyl halides is 3. The number of likely N-dealkylation sites (tertiary alicyclic amines) is 1. The van der Waals surface area contributed by atoms with Crippen LogP contribution in [0.3, 0.4) is 0 Å². The van der Waals surface area contributed by atoms with Crippen LogP contribution in [0.1, 0.15) is 43.0 Å². The lowest BCUT2D eigenvalue weighted by Gasteiger charge is -2.45. The molecule has 0 bridgehead atoms. The van der Waals surface area contributed by atoms with Crippen LogP contribution in [0.5, 0.6) is 0 Å². The fourth-order valence-electron chi connectivity index (χ4n) is 4.77. The average molecular weight is 475 g/mol. The third-order valence-electron chi connectivity index (χ3n) is 6.44. The highest BCUT2D eigenvalue weighted by atomic mass is 32.2. The van der Waals surface area contributed by atoms with E-state index in [0.717, 1.165) is 6.07 Å². The Kier molecular flexibility index (Phi) is 5.62. The molecule has 11 heteroatoms. The number of benzene rings is 1. The van der Waals surface area contributed by atoms with Crippen molar-refractivity contribution in [3.8, 4) is 0 Å². The normalized spacial score (nSPS) is 18.6. The number of piperidine rings is 1. The van der Waals surface area contributed by atoms with Crippen LogP contribution >= 0.6 is 0 Å². The van der Waals surface area contributed by atoms with Crippen LogP contribution < -0.4 is 10.0 Å². The number of carbonyl (C=O) groups is 1. The first kappa shape index (κ1) is 22.8. The Bertz CT molecular complexity index is 1160. The van der Waals surface area contributed by atoms with Crippen molar-refractivity contribution in [1.82, 2.24) is 19.5 Å². The Morgan fingerprint density at radius 3 is 2.44 bits per heavy atom. The summed E-state index contributed by atoms with van der Waals surface area (Å²) >= 11 is 0. The summed E-state index contributed by atoms with van der Waals surface area (Å²) in [5.74, 6) is -0.224. The van der Waals surface area contributed by atoms with Gasteiger partial charge in [-0.25, -0.2) is 13.1 Å². The summed E-state index contributed by atoms with van der Waals surface area (Å²) in [6.45, 7) is 3.08. The van der Waals surface area contributed by atoms with Crippen molar-refractivity contribution in [2.75, 3.05) is 26.7 Å². The zero-order valence-corrected chi connectivity index (χ0v) is 18.6. The topological polar surface area (TPSA) is 83.4 Å². The average Bonchev–Trinajstić information content (AvgIpc) is 3.20. The number of aromatic nitrogens is 1. The summed E-state index contributed by atoms with van der Waals surface area (Å²) in [7, 11) is -2.29. The summed E-state index contributed by atoms with van der Waals surface area (Å²) < 4.78 is 67.7. The van der Waals surface area contributed by atoms with Crippen molar-refractivity contribution in [1.29, 1.82) is 0 Å². The Morgan fingerprint density at radius 1 is 1.16 bits per heavy atom. The highest BCUT2D eigenvalue weighted by Crippen LogP contribution is 2.40. The lowest BCUT2D eigenvalue weighted by atomic mass is 9.83. The molecule has 0 aliphatic carbocycles. The van der Waals surface area contributed by atoms with E-state index >= 15 is 0 Å². The number of hydrogen-bond acceptors (Lipinski definition) is 4.